The van der Waals surface area contributed by atoms with Gasteiger partial charge in [-0.05, 0) is 72.1 Å². The predicted octanol–water partition coefficient (Wildman–Crippen LogP) is 6.76. The Labute approximate surface area is 233 Å². The van der Waals surface area contributed by atoms with E-state index in [1.165, 1.54) is 0 Å². The molecule has 0 fully saturated rings. The van der Waals surface area contributed by atoms with Gasteiger partial charge in [0.25, 0.3) is 0 Å². The van der Waals surface area contributed by atoms with Crippen molar-refractivity contribution in [2.24, 2.45) is 15.9 Å². The van der Waals surface area contributed by atoms with Gasteiger partial charge in [-0.1, -0.05) is 25.5 Å². The van der Waals surface area contributed by atoms with E-state index in [1.54, 1.807) is 11.7 Å². The molecule has 2 heterocycles. The largest absolute Gasteiger partial charge is 0.497 e. The van der Waals surface area contributed by atoms with Gasteiger partial charge >= 0.3 is 6.09 Å². The number of aromatic nitrogens is 1. The molecule has 0 bridgehead atoms. The fraction of sp³-hybridized carbons (Fsp3) is 0.581. The molecule has 8 nitrogen and oxygen atoms in total. The van der Waals surface area contributed by atoms with Gasteiger partial charge in [-0.15, -0.1) is 0 Å². The van der Waals surface area contributed by atoms with Crippen LogP contribution in [0.4, 0.5) is 4.79 Å². The molecule has 0 aliphatic carbocycles. The van der Waals surface area contributed by atoms with E-state index >= 15 is 0 Å². The number of methoxy groups -OCH3 is 1. The number of ether oxygens (including phenoxy) is 4. The topological polar surface area (TPSA) is 83.6 Å². The average Bonchev–Trinajstić information content (AvgIpc) is 3.15. The van der Waals surface area contributed by atoms with Crippen molar-refractivity contribution in [3.05, 3.63) is 41.1 Å². The van der Waals surface area contributed by atoms with Gasteiger partial charge in [0.05, 0.1) is 25.8 Å². The number of benzene rings is 1. The van der Waals surface area contributed by atoms with Gasteiger partial charge in [0.2, 0.25) is 11.8 Å². The van der Waals surface area contributed by atoms with Gasteiger partial charge in [0.15, 0.2) is 0 Å². The van der Waals surface area contributed by atoms with Gasteiger partial charge in [0.1, 0.15) is 23.4 Å². The molecule has 3 rings (SSSR count). The van der Waals surface area contributed by atoms with E-state index in [0.29, 0.717) is 43.6 Å². The highest BCUT2D eigenvalue weighted by Crippen LogP contribution is 2.33. The maximum atomic E-state index is 13.7. The van der Waals surface area contributed by atoms with Crippen LogP contribution in [0.25, 0.3) is 10.9 Å². The number of rotatable bonds is 8. The van der Waals surface area contributed by atoms with E-state index in [0.717, 1.165) is 27.7 Å². The zero-order valence-electron chi connectivity index (χ0n) is 25.3. The van der Waals surface area contributed by atoms with Crippen LogP contribution in [0.3, 0.4) is 0 Å². The Bertz CT molecular complexity index is 1260. The minimum atomic E-state index is -0.652. The summed E-state index contributed by atoms with van der Waals surface area (Å²) in [5, 5.41) is 0.939. The minimum absolute atomic E-state index is 0.194. The molecule has 0 unspecified atom stereocenters. The Kier molecular flexibility index (Phi) is 9.86. The lowest BCUT2D eigenvalue weighted by Crippen LogP contribution is -2.39. The van der Waals surface area contributed by atoms with Crippen LogP contribution in [0.1, 0.15) is 73.6 Å². The quantitative estimate of drug-likeness (QED) is 0.346. The van der Waals surface area contributed by atoms with Crippen LogP contribution in [-0.2, 0) is 27.1 Å². The molecular weight excluding hydrogens is 494 g/mol. The zero-order valence-corrected chi connectivity index (χ0v) is 25.3. The standard InChI is InChI=1S/C31H45N3O5/c1-11-37-28-24(32-29(38-12-2)27(33-28)20(5)6)18-23-22-15-14-21(36-10)17-26(22)34(25(23)16-13-19(3)4)30(35)39-31(7,8)9/h13-15,17,20,24,27H,11-12,16,18H2,1-10H3/t24-,27+/m0/s1. The molecule has 1 aliphatic rings. The zero-order chi connectivity index (χ0) is 28.9. The van der Waals surface area contributed by atoms with Gasteiger partial charge < -0.3 is 18.9 Å². The molecule has 0 amide bonds. The smallest absolute Gasteiger partial charge is 0.419 e. The van der Waals surface area contributed by atoms with Crippen LogP contribution in [-0.4, -0.2) is 60.5 Å². The first-order valence-corrected chi connectivity index (χ1v) is 13.9. The summed E-state index contributed by atoms with van der Waals surface area (Å²) in [6.07, 6.45) is 2.74. The number of hydrogen-bond acceptors (Lipinski definition) is 7. The second-order valence-electron chi connectivity index (χ2n) is 11.3. The van der Waals surface area contributed by atoms with E-state index in [4.69, 9.17) is 28.9 Å². The molecule has 0 radical (unpaired) electrons. The van der Waals surface area contributed by atoms with E-state index < -0.39 is 11.7 Å². The second kappa shape index (κ2) is 12.7. The SMILES string of the molecule is CCOC1=N[C@H](C(C)C)C(OCC)=N[C@H]1Cc1c(CC=C(C)C)n(C(=O)OC(C)(C)C)c2cc(OC)ccc12. The molecular formula is C31H45N3O5. The van der Waals surface area contributed by atoms with Crippen molar-refractivity contribution in [1.82, 2.24) is 4.57 Å². The van der Waals surface area contributed by atoms with Crippen molar-refractivity contribution in [2.45, 2.75) is 92.8 Å². The lowest BCUT2D eigenvalue weighted by Gasteiger charge is -2.28. The molecule has 1 aromatic heterocycles. The molecule has 1 aromatic carbocycles. The molecule has 2 aromatic rings. The number of hydrogen-bond donors (Lipinski definition) is 0. The minimum Gasteiger partial charge on any atom is -0.497 e. The van der Waals surface area contributed by atoms with Crippen LogP contribution in [0.2, 0.25) is 0 Å². The number of carbonyl (C=O) groups excluding carboxylic acids is 1. The highest BCUT2D eigenvalue weighted by atomic mass is 16.6. The van der Waals surface area contributed by atoms with Gasteiger partial charge in [-0.25, -0.2) is 19.3 Å². The first-order valence-electron chi connectivity index (χ1n) is 13.9. The summed E-state index contributed by atoms with van der Waals surface area (Å²) in [7, 11) is 1.62. The van der Waals surface area contributed by atoms with Crippen molar-refractivity contribution < 1.29 is 23.7 Å². The molecule has 214 valence electrons. The Morgan fingerprint density at radius 3 is 2.31 bits per heavy atom. The average molecular weight is 540 g/mol. The molecule has 0 spiro atoms. The fourth-order valence-corrected chi connectivity index (χ4v) is 4.65. The molecule has 0 N–H and O–H groups in total. The van der Waals surface area contributed by atoms with Crippen molar-refractivity contribution >= 4 is 28.8 Å². The Balaban J connectivity index is 2.25. The lowest BCUT2D eigenvalue weighted by atomic mass is 9.98. The van der Waals surface area contributed by atoms with Crippen molar-refractivity contribution in [1.29, 1.82) is 0 Å². The van der Waals surface area contributed by atoms with Crippen molar-refractivity contribution in [2.75, 3.05) is 20.3 Å². The van der Waals surface area contributed by atoms with Crippen LogP contribution in [0, 0.1) is 5.92 Å². The number of carbonyl (C=O) groups is 1. The first kappa shape index (κ1) is 30.3. The molecule has 0 saturated heterocycles. The normalized spacial score (nSPS) is 17.5. The molecule has 39 heavy (non-hydrogen) atoms. The van der Waals surface area contributed by atoms with E-state index in [2.05, 4.69) is 33.8 Å². The summed E-state index contributed by atoms with van der Waals surface area (Å²) in [6, 6.07) is 5.22. The highest BCUT2D eigenvalue weighted by Gasteiger charge is 2.34. The first-order chi connectivity index (χ1) is 18.4. The van der Waals surface area contributed by atoms with E-state index in [-0.39, 0.29) is 18.0 Å². The Morgan fingerprint density at radius 1 is 1.08 bits per heavy atom. The molecule has 2 atom stereocenters. The number of aliphatic imine (C=N–C) groups is 2. The maximum absolute atomic E-state index is 13.7. The predicted molar refractivity (Wildman–Crippen MR) is 157 cm³/mol. The third-order valence-electron chi connectivity index (χ3n) is 6.37. The van der Waals surface area contributed by atoms with Crippen molar-refractivity contribution in [3.63, 3.8) is 0 Å². The molecule has 1 aliphatic heterocycles. The van der Waals surface area contributed by atoms with Crippen LogP contribution < -0.4 is 4.74 Å². The maximum Gasteiger partial charge on any atom is 0.419 e. The third-order valence-corrected chi connectivity index (χ3v) is 6.37. The summed E-state index contributed by atoms with van der Waals surface area (Å²) >= 11 is 0. The second-order valence-corrected chi connectivity index (χ2v) is 11.3. The van der Waals surface area contributed by atoms with Crippen LogP contribution in [0.5, 0.6) is 5.75 Å². The summed E-state index contributed by atoms with van der Waals surface area (Å²) < 4.78 is 25.1. The number of fused-ring (bicyclic) bond motifs is 1. The lowest BCUT2D eigenvalue weighted by molar-refractivity contribution is 0.0540. The molecule has 0 saturated carbocycles. The van der Waals surface area contributed by atoms with E-state index in [1.807, 2.05) is 52.8 Å². The summed E-state index contributed by atoms with van der Waals surface area (Å²) in [6.45, 7) is 18.8. The summed E-state index contributed by atoms with van der Waals surface area (Å²) in [5.74, 6) is 2.10. The third kappa shape index (κ3) is 7.22. The Hall–Kier alpha value is -3.29. The highest BCUT2D eigenvalue weighted by molar-refractivity contribution is 5.97. The van der Waals surface area contributed by atoms with Gasteiger partial charge in [-0.3, -0.25) is 0 Å². The summed E-state index contributed by atoms with van der Waals surface area (Å²) in [5.41, 5.74) is 3.08. The Morgan fingerprint density at radius 2 is 1.74 bits per heavy atom. The van der Waals surface area contributed by atoms with Crippen molar-refractivity contribution in [3.8, 4) is 5.75 Å². The monoisotopic (exact) mass is 539 g/mol. The van der Waals surface area contributed by atoms with Gasteiger partial charge in [0, 0.05) is 30.0 Å². The number of nitrogens with zero attached hydrogens (tertiary/aromatic N) is 3. The van der Waals surface area contributed by atoms with Crippen LogP contribution >= 0.6 is 0 Å². The van der Waals surface area contributed by atoms with E-state index in [9.17, 15) is 4.79 Å². The fourth-order valence-electron chi connectivity index (χ4n) is 4.65. The van der Waals surface area contributed by atoms with Gasteiger partial charge in [-0.2, -0.15) is 0 Å². The molecule has 8 heteroatoms. The van der Waals surface area contributed by atoms with Crippen LogP contribution in [0.15, 0.2) is 39.8 Å². The summed E-state index contributed by atoms with van der Waals surface area (Å²) in [4.78, 5) is 23.6. The number of allylic oxidation sites excluding steroid dienone is 2.